The summed E-state index contributed by atoms with van der Waals surface area (Å²) in [6.45, 7) is -0.102. The van der Waals surface area contributed by atoms with Gasteiger partial charge in [0.2, 0.25) is 17.7 Å². The molecule has 38 heavy (non-hydrogen) atoms. The fourth-order valence-corrected chi connectivity index (χ4v) is 7.38. The van der Waals surface area contributed by atoms with E-state index in [4.69, 9.17) is 32.7 Å². The lowest BCUT2D eigenvalue weighted by atomic mass is 9.54. The first-order valence-electron chi connectivity index (χ1n) is 12.2. The number of nitrogens with zero attached hydrogens (tertiary/aromatic N) is 1. The molecule has 9 heteroatoms. The van der Waals surface area contributed by atoms with Crippen molar-refractivity contribution in [3.8, 4) is 11.5 Å². The summed E-state index contributed by atoms with van der Waals surface area (Å²) in [5.74, 6) is -2.00. The molecule has 1 N–H and O–H groups in total. The van der Waals surface area contributed by atoms with Gasteiger partial charge >= 0.3 is 0 Å². The number of hydrogen-bond acceptors (Lipinski definition) is 5. The summed E-state index contributed by atoms with van der Waals surface area (Å²) in [4.78, 5) is 39.2. The number of halogens is 2. The summed E-state index contributed by atoms with van der Waals surface area (Å²) in [7, 11) is 3.02. The molecule has 1 saturated heterocycles. The van der Waals surface area contributed by atoms with Crippen LogP contribution in [-0.2, 0) is 24.1 Å². The number of carbonyl (C=O) groups excluding carboxylic acids is 3. The second kappa shape index (κ2) is 8.75. The standard InChI is InChI=1S/C29H24Cl2N2O5/c1-37-16-11-12-22(38-2)21(15-16)32-23(34)13-14-33-26(35)24-25(27(33)36)29(31)18-8-4-3-7-17(18)28(24,30)19-9-5-6-10-20(19)29/h3-12,15,24-25H,13-14H2,1-2H3,(H,32,34)/t24-,25-,28?,29?/m0/s1. The molecule has 1 aliphatic heterocycles. The van der Waals surface area contributed by atoms with Crippen molar-refractivity contribution in [1.29, 1.82) is 0 Å². The lowest BCUT2D eigenvalue weighted by Gasteiger charge is -2.54. The first-order chi connectivity index (χ1) is 18.3. The monoisotopic (exact) mass is 550 g/mol. The van der Waals surface area contributed by atoms with Gasteiger partial charge in [-0.3, -0.25) is 19.3 Å². The summed E-state index contributed by atoms with van der Waals surface area (Å²) in [5, 5.41) is 2.78. The molecular formula is C29H24Cl2N2O5. The van der Waals surface area contributed by atoms with Gasteiger partial charge < -0.3 is 14.8 Å². The van der Waals surface area contributed by atoms with Crippen molar-refractivity contribution in [1.82, 2.24) is 4.90 Å². The van der Waals surface area contributed by atoms with Crippen LogP contribution in [0.3, 0.4) is 0 Å². The Labute approximate surface area is 229 Å². The molecule has 0 saturated carbocycles. The maximum Gasteiger partial charge on any atom is 0.235 e. The first kappa shape index (κ1) is 24.8. The summed E-state index contributed by atoms with van der Waals surface area (Å²) in [5.41, 5.74) is 3.38. The lowest BCUT2D eigenvalue weighted by Crippen LogP contribution is -2.57. The van der Waals surface area contributed by atoms with Crippen molar-refractivity contribution in [2.24, 2.45) is 11.8 Å². The van der Waals surface area contributed by atoms with Crippen molar-refractivity contribution in [2.45, 2.75) is 16.2 Å². The number of amides is 3. The number of hydrogen-bond donors (Lipinski definition) is 1. The molecule has 0 aromatic heterocycles. The highest BCUT2D eigenvalue weighted by atomic mass is 35.5. The summed E-state index contributed by atoms with van der Waals surface area (Å²) >= 11 is 14.8. The maximum atomic E-state index is 13.9. The Morgan fingerprint density at radius 2 is 1.34 bits per heavy atom. The minimum absolute atomic E-state index is 0.102. The normalized spacial score (nSPS) is 26.5. The van der Waals surface area contributed by atoms with Gasteiger partial charge in [0.1, 0.15) is 21.2 Å². The molecule has 3 amide bonds. The van der Waals surface area contributed by atoms with Crippen molar-refractivity contribution in [2.75, 3.05) is 26.1 Å². The van der Waals surface area contributed by atoms with Crippen molar-refractivity contribution < 1.29 is 23.9 Å². The number of carbonyl (C=O) groups is 3. The minimum Gasteiger partial charge on any atom is -0.497 e. The lowest BCUT2D eigenvalue weighted by molar-refractivity contribution is -0.140. The van der Waals surface area contributed by atoms with Crippen molar-refractivity contribution in [3.05, 3.63) is 89.0 Å². The van der Waals surface area contributed by atoms with E-state index >= 15 is 0 Å². The molecule has 2 bridgehead atoms. The van der Waals surface area contributed by atoms with E-state index in [1.807, 2.05) is 48.5 Å². The Kier molecular flexibility index (Phi) is 5.70. The number of nitrogens with one attached hydrogen (secondary N) is 1. The van der Waals surface area contributed by atoms with Crippen LogP contribution in [0.5, 0.6) is 11.5 Å². The minimum atomic E-state index is -1.24. The van der Waals surface area contributed by atoms with Gasteiger partial charge in [0.25, 0.3) is 0 Å². The second-order valence-electron chi connectivity index (χ2n) is 9.66. The number of rotatable bonds is 6. The van der Waals surface area contributed by atoms with Crippen LogP contribution in [0, 0.1) is 11.8 Å². The summed E-state index contributed by atoms with van der Waals surface area (Å²) in [6.07, 6.45) is -0.109. The van der Waals surface area contributed by atoms with E-state index < -0.39 is 33.4 Å². The Morgan fingerprint density at radius 1 is 0.842 bits per heavy atom. The molecule has 7 nitrogen and oxygen atoms in total. The molecule has 3 aromatic carbocycles. The summed E-state index contributed by atoms with van der Waals surface area (Å²) < 4.78 is 10.5. The molecule has 0 radical (unpaired) electrons. The molecule has 3 aromatic rings. The molecule has 1 fully saturated rings. The fourth-order valence-electron chi connectivity index (χ4n) is 6.28. The van der Waals surface area contributed by atoms with Gasteiger partial charge in [0.05, 0.1) is 31.7 Å². The molecule has 0 spiro atoms. The quantitative estimate of drug-likeness (QED) is 0.357. The van der Waals surface area contributed by atoms with Crippen LogP contribution in [0.25, 0.3) is 0 Å². The van der Waals surface area contributed by atoms with Crippen LogP contribution in [0.4, 0.5) is 5.69 Å². The molecule has 7 rings (SSSR count). The van der Waals surface area contributed by atoms with Gasteiger partial charge in [0.15, 0.2) is 0 Å². The van der Waals surface area contributed by atoms with E-state index in [1.54, 1.807) is 18.2 Å². The number of methoxy groups -OCH3 is 2. The zero-order valence-electron chi connectivity index (χ0n) is 20.7. The number of imide groups is 1. The second-order valence-corrected chi connectivity index (χ2v) is 10.9. The largest absolute Gasteiger partial charge is 0.497 e. The van der Waals surface area contributed by atoms with Crippen LogP contribution < -0.4 is 14.8 Å². The predicted molar refractivity (Wildman–Crippen MR) is 143 cm³/mol. The number of benzene rings is 3. The van der Waals surface area contributed by atoms with E-state index in [0.29, 0.717) is 17.2 Å². The topological polar surface area (TPSA) is 84.9 Å². The average Bonchev–Trinajstić information content (AvgIpc) is 3.20. The first-order valence-corrected chi connectivity index (χ1v) is 13.0. The third kappa shape index (κ3) is 3.18. The average molecular weight is 551 g/mol. The van der Waals surface area contributed by atoms with Gasteiger partial charge in [-0.2, -0.15) is 0 Å². The Bertz CT molecular complexity index is 1380. The molecule has 4 aliphatic rings. The van der Waals surface area contributed by atoms with Crippen LogP contribution in [-0.4, -0.2) is 43.4 Å². The van der Waals surface area contributed by atoms with Gasteiger partial charge in [-0.1, -0.05) is 48.5 Å². The Morgan fingerprint density at radius 3 is 1.79 bits per heavy atom. The highest BCUT2D eigenvalue weighted by Gasteiger charge is 2.72. The molecule has 2 atom stereocenters. The Balaban J connectivity index is 1.31. The SMILES string of the molecule is COc1ccc(OC)c(NC(=O)CCN2C(=O)[C@@H]3[C@@H](C2=O)C2(Cl)c4ccccc4C3(Cl)c3ccccc32)c1. The van der Waals surface area contributed by atoms with Crippen LogP contribution in [0.15, 0.2) is 66.7 Å². The summed E-state index contributed by atoms with van der Waals surface area (Å²) in [6, 6.07) is 20.0. The van der Waals surface area contributed by atoms with E-state index in [0.717, 1.165) is 27.2 Å². The van der Waals surface area contributed by atoms with Gasteiger partial charge in [0, 0.05) is 19.0 Å². The molecule has 194 valence electrons. The van der Waals surface area contributed by atoms with E-state index in [1.165, 1.54) is 14.2 Å². The van der Waals surface area contributed by atoms with E-state index in [-0.39, 0.29) is 18.9 Å². The van der Waals surface area contributed by atoms with E-state index in [9.17, 15) is 14.4 Å². The van der Waals surface area contributed by atoms with Gasteiger partial charge in [-0.05, 0) is 34.4 Å². The van der Waals surface area contributed by atoms with E-state index in [2.05, 4.69) is 5.32 Å². The molecule has 1 heterocycles. The van der Waals surface area contributed by atoms with Gasteiger partial charge in [-0.15, -0.1) is 23.2 Å². The highest BCUT2D eigenvalue weighted by molar-refractivity contribution is 6.36. The Hall–Kier alpha value is -3.55. The van der Waals surface area contributed by atoms with Crippen molar-refractivity contribution in [3.63, 3.8) is 0 Å². The highest BCUT2D eigenvalue weighted by Crippen LogP contribution is 2.69. The molecule has 3 aliphatic carbocycles. The smallest absolute Gasteiger partial charge is 0.235 e. The predicted octanol–water partition coefficient (Wildman–Crippen LogP) is 4.63. The van der Waals surface area contributed by atoms with Gasteiger partial charge in [-0.25, -0.2) is 0 Å². The number of alkyl halides is 2. The molecular weight excluding hydrogens is 527 g/mol. The van der Waals surface area contributed by atoms with Crippen LogP contribution >= 0.6 is 23.2 Å². The number of anilines is 1. The zero-order chi connectivity index (χ0) is 26.8. The molecule has 0 unspecified atom stereocenters. The van der Waals surface area contributed by atoms with Crippen molar-refractivity contribution >= 4 is 46.6 Å². The maximum absolute atomic E-state index is 13.9. The van der Waals surface area contributed by atoms with Crippen LogP contribution in [0.1, 0.15) is 28.7 Å². The fraction of sp³-hybridized carbons (Fsp3) is 0.276. The zero-order valence-corrected chi connectivity index (χ0v) is 22.2. The third-order valence-electron chi connectivity index (χ3n) is 7.92. The number of ether oxygens (including phenoxy) is 2. The van der Waals surface area contributed by atoms with Crippen LogP contribution in [0.2, 0.25) is 0 Å². The third-order valence-corrected chi connectivity index (χ3v) is 9.20. The number of likely N-dealkylation sites (tertiary alicyclic amines) is 1.